The average molecular weight is 516 g/mol. The average Bonchev–Trinajstić information content (AvgIpc) is 3.12. The molecule has 34 heavy (non-hydrogen) atoms. The van der Waals surface area contributed by atoms with Crippen molar-refractivity contribution in [3.05, 3.63) is 116 Å². The maximum Gasteiger partial charge on any atom is 0.295 e. The van der Waals surface area contributed by atoms with Crippen molar-refractivity contribution in [2.75, 3.05) is 11.5 Å². The lowest BCUT2D eigenvalue weighted by atomic mass is 9.97. The summed E-state index contributed by atoms with van der Waals surface area (Å²) in [6.45, 7) is 7.95. The Bertz CT molecular complexity index is 1520. The second-order valence-corrected chi connectivity index (χ2v) is 9.25. The molecular formula is C28H22BrNO4. The van der Waals surface area contributed by atoms with Gasteiger partial charge in [-0.15, -0.1) is 0 Å². The number of amides is 1. The van der Waals surface area contributed by atoms with E-state index < -0.39 is 6.04 Å². The van der Waals surface area contributed by atoms with E-state index in [1.165, 1.54) is 0 Å². The molecule has 0 saturated heterocycles. The van der Waals surface area contributed by atoms with Crippen molar-refractivity contribution in [1.29, 1.82) is 0 Å². The topological polar surface area (TPSA) is 59.8 Å². The normalized spacial score (nSPS) is 15.0. The number of nitrogens with zero attached hydrogens (tertiary/aromatic N) is 1. The smallest absolute Gasteiger partial charge is 0.295 e. The van der Waals surface area contributed by atoms with E-state index in [-0.39, 0.29) is 17.1 Å². The molecule has 1 amide bonds. The summed E-state index contributed by atoms with van der Waals surface area (Å²) in [6.07, 6.45) is 1.67. The van der Waals surface area contributed by atoms with Crippen LogP contribution in [-0.2, 0) is 0 Å². The van der Waals surface area contributed by atoms with Crippen LogP contribution in [0.4, 0.5) is 5.69 Å². The lowest BCUT2D eigenvalue weighted by Crippen LogP contribution is -2.29. The van der Waals surface area contributed by atoms with Crippen molar-refractivity contribution in [3.63, 3.8) is 0 Å². The maximum absolute atomic E-state index is 13.8. The first-order valence-corrected chi connectivity index (χ1v) is 11.7. The molecule has 0 spiro atoms. The summed E-state index contributed by atoms with van der Waals surface area (Å²) in [6, 6.07) is 17.9. The quantitative estimate of drug-likeness (QED) is 0.285. The molecular weight excluding hydrogens is 494 g/mol. The van der Waals surface area contributed by atoms with Crippen LogP contribution in [0.3, 0.4) is 0 Å². The molecule has 2 heterocycles. The molecule has 0 N–H and O–H groups in total. The third kappa shape index (κ3) is 3.64. The summed E-state index contributed by atoms with van der Waals surface area (Å²) in [7, 11) is 0. The van der Waals surface area contributed by atoms with Crippen LogP contribution in [0.5, 0.6) is 5.75 Å². The Kier molecular flexibility index (Phi) is 5.62. The molecule has 170 valence electrons. The number of halogens is 1. The minimum absolute atomic E-state index is 0.0724. The van der Waals surface area contributed by atoms with Gasteiger partial charge >= 0.3 is 0 Å². The fourth-order valence-corrected chi connectivity index (χ4v) is 4.75. The third-order valence-corrected chi connectivity index (χ3v) is 6.61. The van der Waals surface area contributed by atoms with Crippen molar-refractivity contribution in [1.82, 2.24) is 0 Å². The van der Waals surface area contributed by atoms with Crippen LogP contribution in [0.25, 0.3) is 11.0 Å². The summed E-state index contributed by atoms with van der Waals surface area (Å²) >= 11 is 3.49. The van der Waals surface area contributed by atoms with Gasteiger partial charge in [-0.1, -0.05) is 46.8 Å². The van der Waals surface area contributed by atoms with Gasteiger partial charge in [0.1, 0.15) is 17.9 Å². The number of rotatable bonds is 5. The molecule has 0 radical (unpaired) electrons. The number of hydrogen-bond acceptors (Lipinski definition) is 4. The Morgan fingerprint density at radius 1 is 1.06 bits per heavy atom. The number of benzene rings is 3. The van der Waals surface area contributed by atoms with E-state index in [0.717, 1.165) is 21.2 Å². The SMILES string of the molecule is C=CCOc1cccc(C2c3c(oc4cc(C)c(C)cc4c3=O)C(=O)N2c2cccc(Br)c2)c1. The predicted molar refractivity (Wildman–Crippen MR) is 137 cm³/mol. The largest absolute Gasteiger partial charge is 0.490 e. The Morgan fingerprint density at radius 2 is 1.82 bits per heavy atom. The van der Waals surface area contributed by atoms with Crippen LogP contribution in [0.1, 0.15) is 38.9 Å². The highest BCUT2D eigenvalue weighted by Gasteiger charge is 2.43. The van der Waals surface area contributed by atoms with Crippen molar-refractivity contribution in [2.45, 2.75) is 19.9 Å². The fourth-order valence-electron chi connectivity index (χ4n) is 4.37. The van der Waals surface area contributed by atoms with Crippen molar-refractivity contribution in [2.24, 2.45) is 0 Å². The van der Waals surface area contributed by atoms with Gasteiger partial charge in [0, 0.05) is 10.2 Å². The van der Waals surface area contributed by atoms with E-state index in [2.05, 4.69) is 22.5 Å². The van der Waals surface area contributed by atoms with Crippen molar-refractivity contribution < 1.29 is 13.9 Å². The molecule has 1 atom stereocenters. The Morgan fingerprint density at radius 3 is 2.59 bits per heavy atom. The molecule has 5 nitrogen and oxygen atoms in total. The monoisotopic (exact) mass is 515 g/mol. The van der Waals surface area contributed by atoms with E-state index >= 15 is 0 Å². The molecule has 0 aliphatic carbocycles. The zero-order valence-electron chi connectivity index (χ0n) is 18.8. The first kappa shape index (κ1) is 22.2. The lowest BCUT2D eigenvalue weighted by molar-refractivity contribution is 0.0971. The second kappa shape index (κ2) is 8.61. The number of carbonyl (C=O) groups is 1. The molecule has 6 heteroatoms. The van der Waals surface area contributed by atoms with Crippen LogP contribution in [-0.4, -0.2) is 12.5 Å². The summed E-state index contributed by atoms with van der Waals surface area (Å²) in [5.74, 6) is 0.347. The number of carbonyl (C=O) groups excluding carboxylic acids is 1. The molecule has 0 bridgehead atoms. The fraction of sp³-hybridized carbons (Fsp3) is 0.143. The second-order valence-electron chi connectivity index (χ2n) is 8.34. The molecule has 0 fully saturated rings. The van der Waals surface area contributed by atoms with Gasteiger partial charge in [-0.25, -0.2) is 0 Å². The third-order valence-electron chi connectivity index (χ3n) is 6.11. The van der Waals surface area contributed by atoms with Crippen LogP contribution in [0.2, 0.25) is 0 Å². The Labute approximate surface area is 205 Å². The molecule has 4 aromatic rings. The van der Waals surface area contributed by atoms with Crippen LogP contribution in [0.15, 0.2) is 87.0 Å². The minimum Gasteiger partial charge on any atom is -0.490 e. The van der Waals surface area contributed by atoms with Crippen LogP contribution < -0.4 is 15.1 Å². The highest BCUT2D eigenvalue weighted by atomic mass is 79.9. The van der Waals surface area contributed by atoms with E-state index in [1.807, 2.05) is 74.5 Å². The van der Waals surface area contributed by atoms with Gasteiger partial charge < -0.3 is 9.15 Å². The van der Waals surface area contributed by atoms with E-state index in [1.54, 1.807) is 11.0 Å². The van der Waals surface area contributed by atoms with E-state index in [0.29, 0.717) is 34.6 Å². The number of hydrogen-bond donors (Lipinski definition) is 0. The molecule has 1 aliphatic rings. The van der Waals surface area contributed by atoms with Crippen molar-refractivity contribution in [3.8, 4) is 5.75 Å². The van der Waals surface area contributed by atoms with Gasteiger partial charge in [-0.3, -0.25) is 14.5 Å². The van der Waals surface area contributed by atoms with Gasteiger partial charge in [-0.05, 0) is 73.0 Å². The number of aryl methyl sites for hydroxylation is 2. The zero-order chi connectivity index (χ0) is 24.0. The number of anilines is 1. The molecule has 0 saturated carbocycles. The van der Waals surface area contributed by atoms with E-state index in [9.17, 15) is 9.59 Å². The standard InChI is InChI=1S/C28H22BrNO4/c1-4-11-33-21-10-5-7-18(14-21)25-24-26(31)22-12-16(2)17(3)13-23(22)34-27(24)28(32)30(25)20-9-6-8-19(29)15-20/h4-10,12-15,25H,1,11H2,2-3H3. The predicted octanol–water partition coefficient (Wildman–Crippen LogP) is 6.49. The number of ether oxygens (including phenoxy) is 1. The Balaban J connectivity index is 1.78. The summed E-state index contributed by atoms with van der Waals surface area (Å²) < 4.78 is 12.7. The zero-order valence-corrected chi connectivity index (χ0v) is 20.4. The van der Waals surface area contributed by atoms with E-state index in [4.69, 9.17) is 9.15 Å². The van der Waals surface area contributed by atoms with Gasteiger partial charge in [-0.2, -0.15) is 0 Å². The molecule has 5 rings (SSSR count). The first-order valence-electron chi connectivity index (χ1n) is 10.9. The van der Waals surface area contributed by atoms with Gasteiger partial charge in [0.15, 0.2) is 5.43 Å². The van der Waals surface area contributed by atoms with Crippen molar-refractivity contribution >= 4 is 38.5 Å². The molecule has 1 aliphatic heterocycles. The molecule has 3 aromatic carbocycles. The molecule has 1 unspecified atom stereocenters. The molecule has 1 aromatic heterocycles. The first-order chi connectivity index (χ1) is 16.4. The summed E-state index contributed by atoms with van der Waals surface area (Å²) in [5, 5.41) is 0.467. The lowest BCUT2D eigenvalue weighted by Gasteiger charge is -2.25. The van der Waals surface area contributed by atoms with Crippen LogP contribution in [0, 0.1) is 13.8 Å². The Hall–Kier alpha value is -3.64. The summed E-state index contributed by atoms with van der Waals surface area (Å²) in [5.41, 5.74) is 3.94. The van der Waals surface area contributed by atoms with Gasteiger partial charge in [0.2, 0.25) is 5.76 Å². The number of fused-ring (bicyclic) bond motifs is 2. The minimum atomic E-state index is -0.661. The highest BCUT2D eigenvalue weighted by Crippen LogP contribution is 2.42. The van der Waals surface area contributed by atoms with Gasteiger partial charge in [0.05, 0.1) is 17.0 Å². The van der Waals surface area contributed by atoms with Crippen LogP contribution >= 0.6 is 15.9 Å². The highest BCUT2D eigenvalue weighted by molar-refractivity contribution is 9.10. The summed E-state index contributed by atoms with van der Waals surface area (Å²) in [4.78, 5) is 29.2. The maximum atomic E-state index is 13.8. The van der Waals surface area contributed by atoms with Gasteiger partial charge in [0.25, 0.3) is 5.91 Å².